The molecule has 0 bridgehead atoms. The Kier molecular flexibility index (Phi) is 10.1. The first-order chi connectivity index (χ1) is 17.3. The molecule has 1 N–H and O–H groups in total. The molecule has 190 valence electrons. The summed E-state index contributed by atoms with van der Waals surface area (Å²) >= 11 is 12.8. The molecule has 0 aromatic heterocycles. The normalized spacial score (nSPS) is 12.5. The lowest BCUT2D eigenvalue weighted by Crippen LogP contribution is -2.53. The van der Waals surface area contributed by atoms with Crippen molar-refractivity contribution < 1.29 is 18.7 Å². The standard InChI is InChI=1S/C28H29Cl2FN2O3/c1-3-19(2)32-28(35)25(16-20-10-5-4-6-11-20)33(17-21-22(29)12-9-13-23(21)30)27(34)18-36-26-15-8-7-14-24(26)31/h4-15,19,25H,3,16-18H2,1-2H3,(H,32,35)/t19-,25+/m1/s1. The molecule has 0 saturated heterocycles. The second kappa shape index (κ2) is 13.3. The van der Waals surface area contributed by atoms with Crippen LogP contribution in [0.3, 0.4) is 0 Å². The first kappa shape index (κ1) is 27.5. The molecular formula is C28H29Cl2FN2O3. The third-order valence-electron chi connectivity index (χ3n) is 5.85. The molecular weight excluding hydrogens is 502 g/mol. The Morgan fingerprint density at radius 2 is 1.61 bits per heavy atom. The maximum atomic E-state index is 14.1. The highest BCUT2D eigenvalue weighted by Gasteiger charge is 2.32. The van der Waals surface area contributed by atoms with E-state index in [0.717, 1.165) is 12.0 Å². The monoisotopic (exact) mass is 530 g/mol. The smallest absolute Gasteiger partial charge is 0.261 e. The van der Waals surface area contributed by atoms with Gasteiger partial charge in [0.25, 0.3) is 5.91 Å². The Bertz CT molecular complexity index is 1160. The lowest BCUT2D eigenvalue weighted by molar-refractivity contribution is -0.143. The molecule has 3 rings (SSSR count). The van der Waals surface area contributed by atoms with Crippen molar-refractivity contribution in [2.75, 3.05) is 6.61 Å². The highest BCUT2D eigenvalue weighted by Crippen LogP contribution is 2.27. The first-order valence-electron chi connectivity index (χ1n) is 11.7. The molecule has 0 heterocycles. The van der Waals surface area contributed by atoms with E-state index in [0.29, 0.717) is 15.6 Å². The second-order valence-corrected chi connectivity index (χ2v) is 9.28. The van der Waals surface area contributed by atoms with E-state index in [-0.39, 0.29) is 30.7 Å². The third kappa shape index (κ3) is 7.45. The highest BCUT2D eigenvalue weighted by atomic mass is 35.5. The number of nitrogens with zero attached hydrogens (tertiary/aromatic N) is 1. The second-order valence-electron chi connectivity index (χ2n) is 8.46. The van der Waals surface area contributed by atoms with Gasteiger partial charge in [0.2, 0.25) is 5.91 Å². The number of nitrogens with one attached hydrogen (secondary N) is 1. The Morgan fingerprint density at radius 3 is 2.25 bits per heavy atom. The van der Waals surface area contributed by atoms with E-state index in [4.69, 9.17) is 27.9 Å². The van der Waals surface area contributed by atoms with Crippen LogP contribution in [-0.4, -0.2) is 35.4 Å². The van der Waals surface area contributed by atoms with Crippen molar-refractivity contribution in [3.8, 4) is 5.75 Å². The molecule has 0 spiro atoms. The molecule has 2 atom stereocenters. The van der Waals surface area contributed by atoms with Crippen LogP contribution in [0.2, 0.25) is 10.0 Å². The van der Waals surface area contributed by atoms with E-state index in [1.54, 1.807) is 24.3 Å². The number of para-hydroxylation sites is 1. The first-order valence-corrected chi connectivity index (χ1v) is 12.5. The molecule has 8 heteroatoms. The maximum Gasteiger partial charge on any atom is 0.261 e. The average Bonchev–Trinajstić information content (AvgIpc) is 2.87. The van der Waals surface area contributed by atoms with Gasteiger partial charge in [0.15, 0.2) is 18.2 Å². The van der Waals surface area contributed by atoms with Gasteiger partial charge in [-0.05, 0) is 43.2 Å². The molecule has 0 aliphatic carbocycles. The molecule has 0 aliphatic rings. The fraction of sp³-hybridized carbons (Fsp3) is 0.286. The third-order valence-corrected chi connectivity index (χ3v) is 6.56. The van der Waals surface area contributed by atoms with Gasteiger partial charge in [-0.2, -0.15) is 0 Å². The van der Waals surface area contributed by atoms with E-state index in [1.165, 1.54) is 23.1 Å². The number of ether oxygens (including phenoxy) is 1. The van der Waals surface area contributed by atoms with Gasteiger partial charge in [0.1, 0.15) is 6.04 Å². The number of benzene rings is 3. The van der Waals surface area contributed by atoms with E-state index in [9.17, 15) is 14.0 Å². The SMILES string of the molecule is CC[C@@H](C)NC(=O)[C@H](Cc1ccccc1)N(Cc1c(Cl)cccc1Cl)C(=O)COc1ccccc1F. The van der Waals surface area contributed by atoms with Gasteiger partial charge in [-0.1, -0.05) is 78.7 Å². The zero-order valence-electron chi connectivity index (χ0n) is 20.2. The van der Waals surface area contributed by atoms with Crippen LogP contribution in [-0.2, 0) is 22.6 Å². The van der Waals surface area contributed by atoms with Gasteiger partial charge < -0.3 is 15.0 Å². The number of halogens is 3. The minimum atomic E-state index is -0.884. The number of hydrogen-bond donors (Lipinski definition) is 1. The maximum absolute atomic E-state index is 14.1. The minimum absolute atomic E-state index is 0.0244. The zero-order valence-corrected chi connectivity index (χ0v) is 21.7. The van der Waals surface area contributed by atoms with Crippen LogP contribution in [0.15, 0.2) is 72.8 Å². The molecule has 0 saturated carbocycles. The fourth-order valence-corrected chi connectivity index (χ4v) is 4.15. The summed E-state index contributed by atoms with van der Waals surface area (Å²) in [5.74, 6) is -1.45. The molecule has 3 aromatic rings. The molecule has 3 aromatic carbocycles. The summed E-state index contributed by atoms with van der Waals surface area (Å²) in [5, 5.41) is 3.73. The van der Waals surface area contributed by atoms with Crippen LogP contribution in [0.25, 0.3) is 0 Å². The van der Waals surface area contributed by atoms with Gasteiger partial charge in [-0.25, -0.2) is 4.39 Å². The lowest BCUT2D eigenvalue weighted by atomic mass is 10.0. The molecule has 0 unspecified atom stereocenters. The zero-order chi connectivity index (χ0) is 26.1. The molecule has 0 aliphatic heterocycles. The van der Waals surface area contributed by atoms with E-state index >= 15 is 0 Å². The summed E-state index contributed by atoms with van der Waals surface area (Å²) in [5.41, 5.74) is 1.38. The average molecular weight is 531 g/mol. The Morgan fingerprint density at radius 1 is 0.972 bits per heavy atom. The summed E-state index contributed by atoms with van der Waals surface area (Å²) in [6.45, 7) is 3.37. The Labute approximate surface area is 221 Å². The summed E-state index contributed by atoms with van der Waals surface area (Å²) in [6.07, 6.45) is 0.987. The van der Waals surface area contributed by atoms with Crippen LogP contribution < -0.4 is 10.1 Å². The number of hydrogen-bond acceptors (Lipinski definition) is 3. The van der Waals surface area contributed by atoms with E-state index in [1.807, 2.05) is 44.2 Å². The van der Waals surface area contributed by atoms with Crippen LogP contribution in [0, 0.1) is 5.82 Å². The predicted octanol–water partition coefficient (Wildman–Crippen LogP) is 6.07. The van der Waals surface area contributed by atoms with Crippen molar-refractivity contribution in [3.63, 3.8) is 0 Å². The Hall–Kier alpha value is -3.09. The lowest BCUT2D eigenvalue weighted by Gasteiger charge is -2.32. The van der Waals surface area contributed by atoms with Crippen molar-refractivity contribution in [3.05, 3.63) is 99.8 Å². The summed E-state index contributed by atoms with van der Waals surface area (Å²) in [7, 11) is 0. The number of carbonyl (C=O) groups is 2. The number of carbonyl (C=O) groups excluding carboxylic acids is 2. The summed E-state index contributed by atoms with van der Waals surface area (Å²) < 4.78 is 19.6. The van der Waals surface area contributed by atoms with Crippen molar-refractivity contribution in [2.45, 2.75) is 45.3 Å². The van der Waals surface area contributed by atoms with E-state index < -0.39 is 24.4 Å². The number of amides is 2. The van der Waals surface area contributed by atoms with Crippen molar-refractivity contribution >= 4 is 35.0 Å². The molecule has 0 fully saturated rings. The van der Waals surface area contributed by atoms with Crippen molar-refractivity contribution in [1.82, 2.24) is 10.2 Å². The summed E-state index contributed by atoms with van der Waals surface area (Å²) in [4.78, 5) is 28.4. The van der Waals surface area contributed by atoms with E-state index in [2.05, 4.69) is 5.32 Å². The van der Waals surface area contributed by atoms with Gasteiger partial charge >= 0.3 is 0 Å². The minimum Gasteiger partial charge on any atom is -0.481 e. The van der Waals surface area contributed by atoms with Crippen LogP contribution in [0.5, 0.6) is 5.75 Å². The number of rotatable bonds is 11. The van der Waals surface area contributed by atoms with Gasteiger partial charge in [0, 0.05) is 34.6 Å². The van der Waals surface area contributed by atoms with Crippen LogP contribution in [0.4, 0.5) is 4.39 Å². The van der Waals surface area contributed by atoms with Crippen LogP contribution in [0.1, 0.15) is 31.4 Å². The highest BCUT2D eigenvalue weighted by molar-refractivity contribution is 6.36. The largest absolute Gasteiger partial charge is 0.481 e. The fourth-order valence-electron chi connectivity index (χ4n) is 3.63. The molecule has 36 heavy (non-hydrogen) atoms. The van der Waals surface area contributed by atoms with Gasteiger partial charge in [-0.15, -0.1) is 0 Å². The molecule has 5 nitrogen and oxygen atoms in total. The Balaban J connectivity index is 1.97. The van der Waals surface area contributed by atoms with Gasteiger partial charge in [0.05, 0.1) is 0 Å². The van der Waals surface area contributed by atoms with Crippen molar-refractivity contribution in [1.29, 1.82) is 0 Å². The van der Waals surface area contributed by atoms with Crippen LogP contribution >= 0.6 is 23.2 Å². The molecule has 0 radical (unpaired) electrons. The summed E-state index contributed by atoms with van der Waals surface area (Å²) in [6, 6.07) is 19.3. The predicted molar refractivity (Wildman–Crippen MR) is 141 cm³/mol. The molecule has 2 amide bonds. The quantitative estimate of drug-likeness (QED) is 0.327. The van der Waals surface area contributed by atoms with Crippen molar-refractivity contribution in [2.24, 2.45) is 0 Å². The topological polar surface area (TPSA) is 58.6 Å². The van der Waals surface area contributed by atoms with Gasteiger partial charge in [-0.3, -0.25) is 9.59 Å².